The number of terminal acetylenes is 1. The summed E-state index contributed by atoms with van der Waals surface area (Å²) in [5.74, 6) is 3.21. The molecule has 106 valence electrons. The van der Waals surface area contributed by atoms with E-state index in [0.717, 1.165) is 12.8 Å². The van der Waals surface area contributed by atoms with Crippen LogP contribution >= 0.6 is 0 Å². The van der Waals surface area contributed by atoms with Gasteiger partial charge >= 0.3 is 6.09 Å². The van der Waals surface area contributed by atoms with Gasteiger partial charge < -0.3 is 20.3 Å². The molecule has 1 amide bonds. The van der Waals surface area contributed by atoms with Gasteiger partial charge in [0.1, 0.15) is 0 Å². The number of guanidine groups is 1. The summed E-state index contributed by atoms with van der Waals surface area (Å²) in [7, 11) is 1.71. The predicted molar refractivity (Wildman–Crippen MR) is 74.9 cm³/mol. The van der Waals surface area contributed by atoms with E-state index < -0.39 is 0 Å². The van der Waals surface area contributed by atoms with E-state index in [2.05, 4.69) is 21.5 Å². The van der Waals surface area contributed by atoms with E-state index in [-0.39, 0.29) is 6.09 Å². The van der Waals surface area contributed by atoms with Crippen molar-refractivity contribution in [3.63, 3.8) is 0 Å². The molecule has 0 aromatic rings. The smallest absolute Gasteiger partial charge is 0.409 e. The Hall–Kier alpha value is -1.90. The van der Waals surface area contributed by atoms with Crippen LogP contribution < -0.4 is 10.6 Å². The Kier molecular flexibility index (Phi) is 6.58. The van der Waals surface area contributed by atoms with Crippen molar-refractivity contribution in [2.75, 3.05) is 33.3 Å². The fourth-order valence-electron chi connectivity index (χ4n) is 1.94. The number of amides is 1. The highest BCUT2D eigenvalue weighted by molar-refractivity contribution is 5.80. The zero-order chi connectivity index (χ0) is 14.1. The van der Waals surface area contributed by atoms with Gasteiger partial charge in [0.2, 0.25) is 0 Å². The highest BCUT2D eigenvalue weighted by Crippen LogP contribution is 2.11. The number of nitrogens with zero attached hydrogens (tertiary/aromatic N) is 2. The lowest BCUT2D eigenvalue weighted by Gasteiger charge is -2.32. The standard InChI is InChI=1S/C13H22N4O2/c1-4-8-15-12(14-3)16-11-6-9-17(10-7-11)13(18)19-5-2/h1,11H,5-10H2,2-3H3,(H2,14,15,16). The largest absolute Gasteiger partial charge is 0.450 e. The number of aliphatic imine (C=N–C) groups is 1. The van der Waals surface area contributed by atoms with Gasteiger partial charge in [0.25, 0.3) is 0 Å². The average Bonchev–Trinajstić information content (AvgIpc) is 2.44. The van der Waals surface area contributed by atoms with E-state index >= 15 is 0 Å². The van der Waals surface area contributed by atoms with E-state index in [1.54, 1.807) is 11.9 Å². The summed E-state index contributed by atoms with van der Waals surface area (Å²) in [6, 6.07) is 0.301. The molecule has 1 aliphatic heterocycles. The lowest BCUT2D eigenvalue weighted by Crippen LogP contribution is -2.49. The number of ether oxygens (including phenoxy) is 1. The van der Waals surface area contributed by atoms with Crippen LogP contribution in [0.4, 0.5) is 4.79 Å². The van der Waals surface area contributed by atoms with Gasteiger partial charge in [-0.2, -0.15) is 0 Å². The van der Waals surface area contributed by atoms with Crippen molar-refractivity contribution < 1.29 is 9.53 Å². The van der Waals surface area contributed by atoms with E-state index in [4.69, 9.17) is 11.2 Å². The first-order chi connectivity index (χ1) is 9.21. The first-order valence-corrected chi connectivity index (χ1v) is 6.53. The summed E-state index contributed by atoms with van der Waals surface area (Å²) < 4.78 is 4.98. The molecule has 0 saturated carbocycles. The monoisotopic (exact) mass is 266 g/mol. The molecule has 2 N–H and O–H groups in total. The maximum absolute atomic E-state index is 11.5. The minimum absolute atomic E-state index is 0.226. The molecule has 0 aromatic carbocycles. The fourth-order valence-corrected chi connectivity index (χ4v) is 1.94. The Bertz CT molecular complexity index is 354. The molecule has 0 unspecified atom stereocenters. The van der Waals surface area contributed by atoms with Crippen molar-refractivity contribution in [2.45, 2.75) is 25.8 Å². The molecule has 19 heavy (non-hydrogen) atoms. The maximum Gasteiger partial charge on any atom is 0.409 e. The van der Waals surface area contributed by atoms with Crippen molar-refractivity contribution >= 4 is 12.1 Å². The average molecular weight is 266 g/mol. The summed E-state index contributed by atoms with van der Waals surface area (Å²) in [5, 5.41) is 6.31. The van der Waals surface area contributed by atoms with Crippen LogP contribution in [0.1, 0.15) is 19.8 Å². The Morgan fingerprint density at radius 1 is 1.53 bits per heavy atom. The van der Waals surface area contributed by atoms with Crippen LogP contribution in [0.15, 0.2) is 4.99 Å². The number of rotatable bonds is 3. The van der Waals surface area contributed by atoms with Crippen molar-refractivity contribution in [2.24, 2.45) is 4.99 Å². The van der Waals surface area contributed by atoms with Gasteiger partial charge in [-0.05, 0) is 19.8 Å². The zero-order valence-corrected chi connectivity index (χ0v) is 11.6. The zero-order valence-electron chi connectivity index (χ0n) is 11.6. The van der Waals surface area contributed by atoms with Gasteiger partial charge in [0, 0.05) is 26.2 Å². The third-order valence-electron chi connectivity index (χ3n) is 2.94. The number of piperidine rings is 1. The van der Waals surface area contributed by atoms with Crippen LogP contribution in [-0.2, 0) is 4.74 Å². The van der Waals surface area contributed by atoms with Crippen molar-refractivity contribution in [1.29, 1.82) is 0 Å². The van der Waals surface area contributed by atoms with Gasteiger partial charge in [0.15, 0.2) is 5.96 Å². The first kappa shape index (κ1) is 15.2. The second-order valence-electron chi connectivity index (χ2n) is 4.23. The van der Waals surface area contributed by atoms with Crippen LogP contribution in [0.2, 0.25) is 0 Å². The highest BCUT2D eigenvalue weighted by atomic mass is 16.6. The minimum Gasteiger partial charge on any atom is -0.450 e. The molecular formula is C13H22N4O2. The molecule has 0 spiro atoms. The molecule has 0 bridgehead atoms. The topological polar surface area (TPSA) is 66.0 Å². The third kappa shape index (κ3) is 5.08. The van der Waals surface area contributed by atoms with E-state index in [9.17, 15) is 4.79 Å². The summed E-state index contributed by atoms with van der Waals surface area (Å²) in [5.41, 5.74) is 0. The molecular weight excluding hydrogens is 244 g/mol. The first-order valence-electron chi connectivity index (χ1n) is 6.53. The van der Waals surface area contributed by atoms with Gasteiger partial charge in [-0.15, -0.1) is 6.42 Å². The number of hydrogen-bond donors (Lipinski definition) is 2. The summed E-state index contributed by atoms with van der Waals surface area (Å²) in [6.07, 6.45) is 6.71. The SMILES string of the molecule is C#CCNC(=NC)NC1CCN(C(=O)OCC)CC1. The van der Waals surface area contributed by atoms with Crippen molar-refractivity contribution in [3.8, 4) is 12.3 Å². The lowest BCUT2D eigenvalue weighted by molar-refractivity contribution is 0.0963. The second-order valence-corrected chi connectivity index (χ2v) is 4.23. The molecule has 6 heteroatoms. The second kappa shape index (κ2) is 8.25. The van der Waals surface area contributed by atoms with Gasteiger partial charge in [-0.3, -0.25) is 4.99 Å². The molecule has 1 fully saturated rings. The van der Waals surface area contributed by atoms with Crippen LogP contribution in [0.25, 0.3) is 0 Å². The Balaban J connectivity index is 2.33. The maximum atomic E-state index is 11.5. The fraction of sp³-hybridized carbons (Fsp3) is 0.692. The van der Waals surface area contributed by atoms with Crippen molar-refractivity contribution in [1.82, 2.24) is 15.5 Å². The Labute approximate surface area is 114 Å². The van der Waals surface area contributed by atoms with E-state index in [0.29, 0.717) is 38.2 Å². The molecule has 0 atom stereocenters. The molecule has 6 nitrogen and oxygen atoms in total. The molecule has 0 radical (unpaired) electrons. The molecule has 0 aliphatic carbocycles. The molecule has 0 aromatic heterocycles. The van der Waals surface area contributed by atoms with Crippen LogP contribution in [0.3, 0.4) is 0 Å². The van der Waals surface area contributed by atoms with Gasteiger partial charge in [-0.1, -0.05) is 5.92 Å². The number of hydrogen-bond acceptors (Lipinski definition) is 3. The molecule has 1 aliphatic rings. The highest BCUT2D eigenvalue weighted by Gasteiger charge is 2.23. The van der Waals surface area contributed by atoms with E-state index in [1.807, 2.05) is 6.92 Å². The molecule has 1 heterocycles. The minimum atomic E-state index is -0.226. The predicted octanol–water partition coefficient (Wildman–Crippen LogP) is 0.405. The Morgan fingerprint density at radius 3 is 2.74 bits per heavy atom. The Morgan fingerprint density at radius 2 is 2.21 bits per heavy atom. The number of carbonyl (C=O) groups excluding carboxylic acids is 1. The number of carbonyl (C=O) groups is 1. The summed E-state index contributed by atoms with van der Waals surface area (Å²) in [6.45, 7) is 4.07. The lowest BCUT2D eigenvalue weighted by atomic mass is 10.1. The summed E-state index contributed by atoms with van der Waals surface area (Å²) in [4.78, 5) is 17.4. The quantitative estimate of drug-likeness (QED) is 0.441. The van der Waals surface area contributed by atoms with E-state index in [1.165, 1.54) is 0 Å². The van der Waals surface area contributed by atoms with Crippen LogP contribution in [0, 0.1) is 12.3 Å². The molecule has 1 rings (SSSR count). The normalized spacial score (nSPS) is 16.7. The number of nitrogens with one attached hydrogen (secondary N) is 2. The third-order valence-corrected chi connectivity index (χ3v) is 2.94. The van der Waals surface area contributed by atoms with Gasteiger partial charge in [-0.25, -0.2) is 4.79 Å². The van der Waals surface area contributed by atoms with Gasteiger partial charge in [0.05, 0.1) is 13.2 Å². The van der Waals surface area contributed by atoms with Crippen LogP contribution in [0.5, 0.6) is 0 Å². The summed E-state index contributed by atoms with van der Waals surface area (Å²) >= 11 is 0. The van der Waals surface area contributed by atoms with Crippen molar-refractivity contribution in [3.05, 3.63) is 0 Å². The molecule has 1 saturated heterocycles. The number of likely N-dealkylation sites (tertiary alicyclic amines) is 1. The van der Waals surface area contributed by atoms with Crippen LogP contribution in [-0.4, -0.2) is 56.3 Å².